The molecule has 1 fully saturated rings. The van der Waals surface area contributed by atoms with Crippen molar-refractivity contribution in [2.75, 3.05) is 24.7 Å². The summed E-state index contributed by atoms with van der Waals surface area (Å²) in [5, 5.41) is 17.6. The summed E-state index contributed by atoms with van der Waals surface area (Å²) in [4.78, 5) is 48.0. The maximum absolute atomic E-state index is 12.5. The number of nitrogens with one attached hydrogen (secondary N) is 2. The Morgan fingerprint density at radius 3 is 2.44 bits per heavy atom. The highest BCUT2D eigenvalue weighted by molar-refractivity contribution is 7.11. The summed E-state index contributed by atoms with van der Waals surface area (Å²) in [7, 11) is 3.09. The molecular formula is C22H25N5O4S. The lowest BCUT2D eigenvalue weighted by molar-refractivity contribution is 0.0819. The number of carbonyl (C=O) groups is 1. The molecule has 3 N–H and O–H groups in total. The first-order valence-electron chi connectivity index (χ1n) is 10.2. The fraction of sp³-hybridized carbons (Fsp3) is 0.409. The SMILES string of the molecule is Cc1nc([C@H](Nc2c(Nc3ccnc(C(=O)N(C)C)c3O)c(=O)c2=O)C2(C)CC2)c(C)s1. The van der Waals surface area contributed by atoms with E-state index >= 15 is 0 Å². The van der Waals surface area contributed by atoms with Crippen LogP contribution in [0.3, 0.4) is 0 Å². The number of aromatic hydroxyl groups is 1. The summed E-state index contributed by atoms with van der Waals surface area (Å²) in [6.45, 7) is 6.07. The number of hydrogen-bond donors (Lipinski definition) is 3. The topological polar surface area (TPSA) is 125 Å². The van der Waals surface area contributed by atoms with Gasteiger partial charge in [0.25, 0.3) is 16.8 Å². The van der Waals surface area contributed by atoms with Crippen LogP contribution in [0.2, 0.25) is 0 Å². The van der Waals surface area contributed by atoms with Crippen LogP contribution < -0.4 is 21.5 Å². The molecule has 1 saturated carbocycles. The van der Waals surface area contributed by atoms with Crippen molar-refractivity contribution in [2.24, 2.45) is 5.41 Å². The molecule has 0 saturated heterocycles. The standard InChI is InChI=1S/C22H25N5O4S/c1-10-13(24-11(2)32-10)20(22(3)7-8-22)26-15-14(18(29)19(15)30)25-12-6-9-23-16(17(12)28)21(31)27(4)5/h6,9,20,26,28H,7-8H2,1-5H3,(H,23,25)/t20-/m0/s1. The first-order chi connectivity index (χ1) is 15.0. The summed E-state index contributed by atoms with van der Waals surface area (Å²) in [5.41, 5.74) is -0.294. The number of carbonyl (C=O) groups excluding carboxylic acids is 1. The Kier molecular flexibility index (Phi) is 5.28. The van der Waals surface area contributed by atoms with Crippen molar-refractivity contribution in [3.63, 3.8) is 0 Å². The minimum atomic E-state index is -0.685. The van der Waals surface area contributed by atoms with E-state index in [1.807, 2.05) is 13.8 Å². The number of aromatic nitrogens is 2. The zero-order valence-corrected chi connectivity index (χ0v) is 19.4. The van der Waals surface area contributed by atoms with Crippen molar-refractivity contribution >= 4 is 34.3 Å². The number of thiazole rings is 1. The van der Waals surface area contributed by atoms with Gasteiger partial charge in [-0.3, -0.25) is 14.4 Å². The molecule has 0 radical (unpaired) electrons. The van der Waals surface area contributed by atoms with Crippen LogP contribution >= 0.6 is 11.3 Å². The van der Waals surface area contributed by atoms with Crippen LogP contribution in [0, 0.1) is 19.3 Å². The van der Waals surface area contributed by atoms with Crippen LogP contribution in [-0.4, -0.2) is 40.0 Å². The molecule has 1 atom stereocenters. The van der Waals surface area contributed by atoms with Gasteiger partial charge in [0, 0.05) is 25.2 Å². The summed E-state index contributed by atoms with van der Waals surface area (Å²) >= 11 is 1.60. The zero-order valence-electron chi connectivity index (χ0n) is 18.6. The first kappa shape index (κ1) is 21.9. The minimum Gasteiger partial charge on any atom is -0.504 e. The number of nitrogens with zero attached hydrogens (tertiary/aromatic N) is 3. The number of aryl methyl sites for hydroxylation is 2. The summed E-state index contributed by atoms with van der Waals surface area (Å²) in [6.07, 6.45) is 3.33. The predicted molar refractivity (Wildman–Crippen MR) is 124 cm³/mol. The van der Waals surface area contributed by atoms with E-state index in [4.69, 9.17) is 0 Å². The molecule has 3 aromatic rings. The molecule has 4 rings (SSSR count). The van der Waals surface area contributed by atoms with Gasteiger partial charge in [0.1, 0.15) is 11.4 Å². The monoisotopic (exact) mass is 455 g/mol. The number of amides is 1. The van der Waals surface area contributed by atoms with Crippen LogP contribution in [0.5, 0.6) is 5.75 Å². The first-order valence-corrected chi connectivity index (χ1v) is 11.1. The van der Waals surface area contributed by atoms with E-state index in [9.17, 15) is 19.5 Å². The Bertz CT molecular complexity index is 1280. The fourth-order valence-corrected chi connectivity index (χ4v) is 4.58. The van der Waals surface area contributed by atoms with Crippen molar-refractivity contribution in [2.45, 2.75) is 39.7 Å². The Morgan fingerprint density at radius 2 is 1.88 bits per heavy atom. The highest BCUT2D eigenvalue weighted by Crippen LogP contribution is 2.56. The second kappa shape index (κ2) is 7.70. The summed E-state index contributed by atoms with van der Waals surface area (Å²) in [5.74, 6) is -0.868. The number of rotatable bonds is 7. The van der Waals surface area contributed by atoms with E-state index in [2.05, 4.69) is 27.5 Å². The Balaban J connectivity index is 1.68. The zero-order chi connectivity index (χ0) is 23.4. The second-order valence-electron chi connectivity index (χ2n) is 8.69. The molecule has 9 nitrogen and oxygen atoms in total. The van der Waals surface area contributed by atoms with E-state index in [-0.39, 0.29) is 40.0 Å². The normalized spacial score (nSPS) is 15.4. The Labute approximate surface area is 188 Å². The second-order valence-corrected chi connectivity index (χ2v) is 10.1. The van der Waals surface area contributed by atoms with Gasteiger partial charge in [0.15, 0.2) is 11.4 Å². The molecule has 10 heteroatoms. The third-order valence-corrected chi connectivity index (χ3v) is 6.84. The minimum absolute atomic E-state index is 0.0543. The molecule has 32 heavy (non-hydrogen) atoms. The fourth-order valence-electron chi connectivity index (χ4n) is 3.72. The lowest BCUT2D eigenvalue weighted by Crippen LogP contribution is -2.38. The Morgan fingerprint density at radius 1 is 1.22 bits per heavy atom. The highest BCUT2D eigenvalue weighted by atomic mass is 32.1. The van der Waals surface area contributed by atoms with E-state index < -0.39 is 16.8 Å². The lowest BCUT2D eigenvalue weighted by Gasteiger charge is -2.27. The van der Waals surface area contributed by atoms with Crippen LogP contribution in [0.4, 0.5) is 17.1 Å². The maximum Gasteiger partial charge on any atom is 0.275 e. The molecule has 0 bridgehead atoms. The quantitative estimate of drug-likeness (QED) is 0.465. The average Bonchev–Trinajstić information content (AvgIpc) is 3.40. The Hall–Kier alpha value is -3.27. The van der Waals surface area contributed by atoms with E-state index in [0.29, 0.717) is 0 Å². The molecular weight excluding hydrogens is 430 g/mol. The van der Waals surface area contributed by atoms with Crippen LogP contribution in [0.15, 0.2) is 21.9 Å². The van der Waals surface area contributed by atoms with E-state index in [1.165, 1.54) is 17.2 Å². The third-order valence-electron chi connectivity index (χ3n) is 5.94. The average molecular weight is 456 g/mol. The third kappa shape index (κ3) is 3.64. The molecule has 1 aromatic carbocycles. The largest absolute Gasteiger partial charge is 0.504 e. The van der Waals surface area contributed by atoms with Gasteiger partial charge in [-0.1, -0.05) is 6.92 Å². The molecule has 1 aliphatic carbocycles. The predicted octanol–water partition coefficient (Wildman–Crippen LogP) is 2.86. The van der Waals surface area contributed by atoms with Crippen LogP contribution in [0.1, 0.15) is 51.9 Å². The molecule has 2 heterocycles. The van der Waals surface area contributed by atoms with Gasteiger partial charge < -0.3 is 20.6 Å². The van der Waals surface area contributed by atoms with Gasteiger partial charge in [0.05, 0.1) is 22.4 Å². The van der Waals surface area contributed by atoms with Crippen molar-refractivity contribution in [3.05, 3.63) is 54.0 Å². The molecule has 168 valence electrons. The van der Waals surface area contributed by atoms with Crippen LogP contribution in [0.25, 0.3) is 0 Å². The highest BCUT2D eigenvalue weighted by Gasteiger charge is 2.48. The van der Waals surface area contributed by atoms with E-state index in [1.54, 1.807) is 25.4 Å². The lowest BCUT2D eigenvalue weighted by atomic mass is 9.94. The van der Waals surface area contributed by atoms with Crippen molar-refractivity contribution in [1.82, 2.24) is 14.9 Å². The number of anilines is 3. The molecule has 1 aliphatic rings. The molecule has 2 aromatic heterocycles. The van der Waals surface area contributed by atoms with Crippen molar-refractivity contribution < 1.29 is 9.90 Å². The van der Waals surface area contributed by atoms with Crippen molar-refractivity contribution in [1.29, 1.82) is 0 Å². The van der Waals surface area contributed by atoms with Crippen LogP contribution in [-0.2, 0) is 0 Å². The van der Waals surface area contributed by atoms with E-state index in [0.717, 1.165) is 28.4 Å². The maximum atomic E-state index is 12.5. The van der Waals surface area contributed by atoms with Gasteiger partial charge in [-0.2, -0.15) is 0 Å². The van der Waals surface area contributed by atoms with Gasteiger partial charge in [-0.05, 0) is 38.2 Å². The molecule has 0 aliphatic heterocycles. The molecule has 0 spiro atoms. The van der Waals surface area contributed by atoms with Crippen molar-refractivity contribution in [3.8, 4) is 5.75 Å². The van der Waals surface area contributed by atoms with Gasteiger partial charge in [-0.15, -0.1) is 11.3 Å². The summed E-state index contributed by atoms with van der Waals surface area (Å²) in [6, 6.07) is 1.23. The van der Waals surface area contributed by atoms with Gasteiger partial charge >= 0.3 is 0 Å². The number of pyridine rings is 1. The number of hydrogen-bond acceptors (Lipinski definition) is 9. The summed E-state index contributed by atoms with van der Waals surface area (Å²) < 4.78 is 0. The smallest absolute Gasteiger partial charge is 0.275 e. The van der Waals surface area contributed by atoms with Gasteiger partial charge in [0.2, 0.25) is 0 Å². The van der Waals surface area contributed by atoms with Gasteiger partial charge in [-0.25, -0.2) is 9.97 Å². The molecule has 1 amide bonds. The molecule has 0 unspecified atom stereocenters.